The highest BCUT2D eigenvalue weighted by Crippen LogP contribution is 2.30. The lowest BCUT2D eigenvalue weighted by Gasteiger charge is -2.21. The van der Waals surface area contributed by atoms with E-state index < -0.39 is 6.36 Å². The van der Waals surface area contributed by atoms with E-state index in [4.69, 9.17) is 5.73 Å². The molecule has 6 nitrogen and oxygen atoms in total. The first-order chi connectivity index (χ1) is 15.2. The maximum absolute atomic E-state index is 12.7. The number of hydrogen-bond acceptors (Lipinski definition) is 4. The Morgan fingerprint density at radius 2 is 1.94 bits per heavy atom. The Balaban J connectivity index is 1.52. The highest BCUT2D eigenvalue weighted by atomic mass is 19.4. The number of pyridine rings is 1. The van der Waals surface area contributed by atoms with Crippen LogP contribution >= 0.6 is 0 Å². The van der Waals surface area contributed by atoms with Crippen LogP contribution in [0.15, 0.2) is 39.0 Å². The molecule has 0 spiro atoms. The van der Waals surface area contributed by atoms with Crippen molar-refractivity contribution in [1.29, 1.82) is 0 Å². The van der Waals surface area contributed by atoms with E-state index >= 15 is 0 Å². The Bertz CT molecular complexity index is 1120. The van der Waals surface area contributed by atoms with Crippen molar-refractivity contribution in [1.82, 2.24) is 4.98 Å². The standard InChI is InChI=1S/C23H25F3N4O2/c1-13-20(29-18-5-3-2-4-17(18)21(13)31)22(27)30-19-12-15(10-11-28-19)14-6-8-16(9-7-14)32-23(24,25)26/h6-9,15H,2-5,10-12H2,1H3,(H,29,31)(H2,27,28,30). The molecule has 1 unspecified atom stereocenters. The van der Waals surface area contributed by atoms with Crippen LogP contribution in [0.4, 0.5) is 13.2 Å². The van der Waals surface area contributed by atoms with E-state index in [1.54, 1.807) is 19.1 Å². The summed E-state index contributed by atoms with van der Waals surface area (Å²) in [6.07, 6.45) is 0.200. The summed E-state index contributed by atoms with van der Waals surface area (Å²) in [7, 11) is 0. The summed E-state index contributed by atoms with van der Waals surface area (Å²) in [5.74, 6) is 0.594. The van der Waals surface area contributed by atoms with Crippen molar-refractivity contribution in [3.05, 3.63) is 62.6 Å². The summed E-state index contributed by atoms with van der Waals surface area (Å²) in [6, 6.07) is 5.89. The average molecular weight is 446 g/mol. The first-order valence-corrected chi connectivity index (χ1v) is 10.7. The predicted octanol–water partition coefficient (Wildman–Crippen LogP) is 4.14. The molecule has 1 aliphatic heterocycles. The van der Waals surface area contributed by atoms with Crippen molar-refractivity contribution in [2.75, 3.05) is 6.54 Å². The van der Waals surface area contributed by atoms with Gasteiger partial charge in [-0.2, -0.15) is 0 Å². The third kappa shape index (κ3) is 4.87. The molecule has 9 heteroatoms. The van der Waals surface area contributed by atoms with E-state index in [1.165, 1.54) is 12.1 Å². The number of H-pyrrole nitrogens is 1. The number of fused-ring (bicyclic) bond motifs is 1. The number of aromatic nitrogens is 1. The molecule has 2 heterocycles. The maximum Gasteiger partial charge on any atom is 0.573 e. The van der Waals surface area contributed by atoms with Crippen molar-refractivity contribution >= 4 is 11.7 Å². The van der Waals surface area contributed by atoms with Gasteiger partial charge in [-0.05, 0) is 62.6 Å². The number of nitrogens with zero attached hydrogens (tertiary/aromatic N) is 2. The van der Waals surface area contributed by atoms with Gasteiger partial charge in [0.1, 0.15) is 17.4 Å². The molecule has 1 aliphatic carbocycles. The fraction of sp³-hybridized carbons (Fsp3) is 0.435. The topological polar surface area (TPSA) is 92.8 Å². The van der Waals surface area contributed by atoms with Crippen LogP contribution in [0.25, 0.3) is 0 Å². The molecule has 0 radical (unpaired) electrons. The van der Waals surface area contributed by atoms with Crippen molar-refractivity contribution < 1.29 is 17.9 Å². The molecular weight excluding hydrogens is 421 g/mol. The third-order valence-corrected chi connectivity index (χ3v) is 6.02. The van der Waals surface area contributed by atoms with Crippen LogP contribution in [0.5, 0.6) is 5.75 Å². The maximum atomic E-state index is 12.7. The molecule has 170 valence electrons. The van der Waals surface area contributed by atoms with E-state index in [1.807, 2.05) is 0 Å². The van der Waals surface area contributed by atoms with E-state index in [2.05, 4.69) is 19.7 Å². The molecule has 0 saturated heterocycles. The van der Waals surface area contributed by atoms with Crippen LogP contribution in [0.3, 0.4) is 0 Å². The zero-order chi connectivity index (χ0) is 22.9. The van der Waals surface area contributed by atoms with Crippen LogP contribution in [-0.4, -0.2) is 29.6 Å². The molecule has 1 aromatic carbocycles. The fourth-order valence-electron chi connectivity index (χ4n) is 4.37. The van der Waals surface area contributed by atoms with E-state index in [-0.39, 0.29) is 22.9 Å². The Labute approximate surface area is 183 Å². The minimum atomic E-state index is -4.71. The van der Waals surface area contributed by atoms with Crippen LogP contribution in [0, 0.1) is 6.92 Å². The minimum absolute atomic E-state index is 0.0243. The number of aliphatic imine (C=N–C) groups is 2. The summed E-state index contributed by atoms with van der Waals surface area (Å²) < 4.78 is 41.0. The molecule has 32 heavy (non-hydrogen) atoms. The smallest absolute Gasteiger partial charge is 0.406 e. The molecule has 2 aliphatic rings. The number of nitrogens with two attached hydrogens (primary N) is 1. The van der Waals surface area contributed by atoms with Crippen molar-refractivity contribution in [3.8, 4) is 5.75 Å². The van der Waals surface area contributed by atoms with E-state index in [9.17, 15) is 18.0 Å². The molecule has 1 aromatic heterocycles. The van der Waals surface area contributed by atoms with Gasteiger partial charge in [-0.25, -0.2) is 4.99 Å². The number of hydrogen-bond donors (Lipinski definition) is 2. The van der Waals surface area contributed by atoms with Crippen molar-refractivity contribution in [2.24, 2.45) is 15.7 Å². The second-order valence-corrected chi connectivity index (χ2v) is 8.22. The van der Waals surface area contributed by atoms with Crippen LogP contribution in [0.2, 0.25) is 0 Å². The quantitative estimate of drug-likeness (QED) is 0.548. The van der Waals surface area contributed by atoms with Gasteiger partial charge in [0.15, 0.2) is 5.43 Å². The Morgan fingerprint density at radius 1 is 1.22 bits per heavy atom. The van der Waals surface area contributed by atoms with Gasteiger partial charge in [0.2, 0.25) is 0 Å². The molecular formula is C23H25F3N4O2. The molecule has 4 rings (SSSR count). The lowest BCUT2D eigenvalue weighted by Crippen LogP contribution is -2.28. The SMILES string of the molecule is Cc1c(C(N)=NC2=NCCC(c3ccc(OC(F)(F)F)cc3)C2)[nH]c2c(c1=O)CCCC2. The van der Waals surface area contributed by atoms with E-state index in [0.717, 1.165) is 48.9 Å². The minimum Gasteiger partial charge on any atom is -0.406 e. The van der Waals surface area contributed by atoms with Gasteiger partial charge in [0.25, 0.3) is 0 Å². The molecule has 0 saturated carbocycles. The third-order valence-electron chi connectivity index (χ3n) is 6.02. The van der Waals surface area contributed by atoms with Gasteiger partial charge >= 0.3 is 6.36 Å². The number of nitrogens with one attached hydrogen (secondary N) is 1. The predicted molar refractivity (Wildman–Crippen MR) is 117 cm³/mol. The first-order valence-electron chi connectivity index (χ1n) is 10.7. The lowest BCUT2D eigenvalue weighted by atomic mass is 9.90. The Hall–Kier alpha value is -3.10. The fourth-order valence-corrected chi connectivity index (χ4v) is 4.37. The molecule has 0 bridgehead atoms. The van der Waals surface area contributed by atoms with Crippen molar-refractivity contribution in [3.63, 3.8) is 0 Å². The van der Waals surface area contributed by atoms with Gasteiger partial charge in [0, 0.05) is 29.8 Å². The van der Waals surface area contributed by atoms with Gasteiger partial charge in [-0.1, -0.05) is 12.1 Å². The first kappa shape index (κ1) is 22.1. The Kier molecular flexibility index (Phi) is 6.08. The largest absolute Gasteiger partial charge is 0.573 e. The summed E-state index contributed by atoms with van der Waals surface area (Å²) in [5.41, 5.74) is 10.1. The molecule has 0 fully saturated rings. The number of aromatic amines is 1. The summed E-state index contributed by atoms with van der Waals surface area (Å²) >= 11 is 0. The van der Waals surface area contributed by atoms with Crippen LogP contribution in [-0.2, 0) is 12.8 Å². The molecule has 1 atom stereocenters. The normalized spacial score (nSPS) is 19.3. The summed E-state index contributed by atoms with van der Waals surface area (Å²) in [5, 5.41) is 0. The number of ether oxygens (including phenoxy) is 1. The summed E-state index contributed by atoms with van der Waals surface area (Å²) in [6.45, 7) is 2.29. The number of alkyl halides is 3. The zero-order valence-electron chi connectivity index (χ0n) is 17.8. The molecule has 3 N–H and O–H groups in total. The van der Waals surface area contributed by atoms with Gasteiger partial charge < -0.3 is 15.5 Å². The zero-order valence-corrected chi connectivity index (χ0v) is 17.8. The Morgan fingerprint density at radius 3 is 2.66 bits per heavy atom. The molecule has 2 aromatic rings. The second kappa shape index (κ2) is 8.80. The lowest BCUT2D eigenvalue weighted by molar-refractivity contribution is -0.274. The van der Waals surface area contributed by atoms with Gasteiger partial charge in [-0.15, -0.1) is 13.2 Å². The highest BCUT2D eigenvalue weighted by Gasteiger charge is 2.31. The number of amidine groups is 2. The van der Waals surface area contributed by atoms with Gasteiger partial charge in [-0.3, -0.25) is 9.79 Å². The summed E-state index contributed by atoms with van der Waals surface area (Å²) in [4.78, 5) is 25.0. The molecule has 0 amide bonds. The van der Waals surface area contributed by atoms with Gasteiger partial charge in [0.05, 0.1) is 5.69 Å². The highest BCUT2D eigenvalue weighted by molar-refractivity contribution is 6.05. The van der Waals surface area contributed by atoms with Crippen LogP contribution in [0.1, 0.15) is 59.7 Å². The number of aryl methyl sites for hydroxylation is 1. The second-order valence-electron chi connectivity index (χ2n) is 8.22. The van der Waals surface area contributed by atoms with Crippen molar-refractivity contribution in [2.45, 2.75) is 57.7 Å². The monoisotopic (exact) mass is 446 g/mol. The van der Waals surface area contributed by atoms with E-state index in [0.29, 0.717) is 30.1 Å². The number of halogens is 3. The number of benzene rings is 1. The van der Waals surface area contributed by atoms with Crippen LogP contribution < -0.4 is 15.9 Å². The number of rotatable bonds is 3. The average Bonchev–Trinajstić information content (AvgIpc) is 2.76.